The van der Waals surface area contributed by atoms with Crippen LogP contribution in [0.15, 0.2) is 0 Å². The molecule has 0 aromatic carbocycles. The average molecular weight is 98.2 g/mol. The summed E-state index contributed by atoms with van der Waals surface area (Å²) in [6, 6.07) is 0. The Balaban J connectivity index is 2.13. The molecule has 0 bridgehead atoms. The van der Waals surface area contributed by atoms with Gasteiger partial charge in [0.15, 0.2) is 0 Å². The molecule has 0 aromatic rings. The SMILES string of the molecule is CCCC1(C)CC1. The van der Waals surface area contributed by atoms with E-state index in [-0.39, 0.29) is 0 Å². The van der Waals surface area contributed by atoms with Gasteiger partial charge in [0.2, 0.25) is 0 Å². The summed E-state index contributed by atoms with van der Waals surface area (Å²) in [4.78, 5) is 0. The van der Waals surface area contributed by atoms with Crippen molar-refractivity contribution in [2.45, 2.75) is 39.5 Å². The van der Waals surface area contributed by atoms with Gasteiger partial charge in [0.05, 0.1) is 0 Å². The summed E-state index contributed by atoms with van der Waals surface area (Å²) in [6.45, 7) is 4.65. The minimum atomic E-state index is 0.800. The van der Waals surface area contributed by atoms with E-state index in [0.717, 1.165) is 5.41 Å². The summed E-state index contributed by atoms with van der Waals surface area (Å²) >= 11 is 0. The van der Waals surface area contributed by atoms with Crippen LogP contribution in [-0.4, -0.2) is 0 Å². The molecule has 0 radical (unpaired) electrons. The lowest BCUT2D eigenvalue weighted by Gasteiger charge is -2.01. The van der Waals surface area contributed by atoms with Crippen LogP contribution < -0.4 is 0 Å². The molecule has 1 aliphatic rings. The van der Waals surface area contributed by atoms with Gasteiger partial charge in [-0.2, -0.15) is 0 Å². The van der Waals surface area contributed by atoms with E-state index in [4.69, 9.17) is 0 Å². The smallest absolute Gasteiger partial charge is 0.0326 e. The van der Waals surface area contributed by atoms with Gasteiger partial charge in [-0.15, -0.1) is 0 Å². The van der Waals surface area contributed by atoms with E-state index in [1.807, 2.05) is 0 Å². The van der Waals surface area contributed by atoms with Crippen molar-refractivity contribution in [1.29, 1.82) is 0 Å². The first kappa shape index (κ1) is 5.14. The molecule has 0 unspecified atom stereocenters. The summed E-state index contributed by atoms with van der Waals surface area (Å²) in [5.74, 6) is 0. The van der Waals surface area contributed by atoms with Crippen LogP contribution >= 0.6 is 0 Å². The van der Waals surface area contributed by atoms with Crippen LogP contribution in [0, 0.1) is 5.41 Å². The Hall–Kier alpha value is 0. The first-order chi connectivity index (χ1) is 3.27. The molecular weight excluding hydrogens is 84.1 g/mol. The molecule has 42 valence electrons. The van der Waals surface area contributed by atoms with Crippen molar-refractivity contribution >= 4 is 0 Å². The van der Waals surface area contributed by atoms with Gasteiger partial charge in [-0.1, -0.05) is 20.3 Å². The Bertz CT molecular complexity index is 60.4. The monoisotopic (exact) mass is 98.1 g/mol. The predicted molar refractivity (Wildman–Crippen MR) is 32.2 cm³/mol. The summed E-state index contributed by atoms with van der Waals surface area (Å²) in [5.41, 5.74) is 0.800. The first-order valence-corrected chi connectivity index (χ1v) is 3.27. The van der Waals surface area contributed by atoms with E-state index in [2.05, 4.69) is 13.8 Å². The van der Waals surface area contributed by atoms with E-state index in [1.165, 1.54) is 25.7 Å². The quantitative estimate of drug-likeness (QED) is 0.498. The second kappa shape index (κ2) is 1.50. The number of rotatable bonds is 2. The van der Waals surface area contributed by atoms with Crippen molar-refractivity contribution in [1.82, 2.24) is 0 Å². The van der Waals surface area contributed by atoms with Crippen molar-refractivity contribution in [3.63, 3.8) is 0 Å². The zero-order valence-corrected chi connectivity index (χ0v) is 5.33. The van der Waals surface area contributed by atoms with E-state index in [9.17, 15) is 0 Å². The maximum atomic E-state index is 2.39. The Morgan fingerprint density at radius 2 is 2.00 bits per heavy atom. The third-order valence-electron chi connectivity index (χ3n) is 1.96. The molecule has 0 nitrogen and oxygen atoms in total. The Kier molecular flexibility index (Phi) is 1.10. The molecule has 1 fully saturated rings. The van der Waals surface area contributed by atoms with Crippen LogP contribution in [0.1, 0.15) is 39.5 Å². The minimum absolute atomic E-state index is 0.800. The molecule has 7 heavy (non-hydrogen) atoms. The van der Waals surface area contributed by atoms with Gasteiger partial charge >= 0.3 is 0 Å². The number of hydrogen-bond donors (Lipinski definition) is 0. The van der Waals surface area contributed by atoms with Crippen molar-refractivity contribution < 1.29 is 0 Å². The third kappa shape index (κ3) is 1.19. The Labute approximate surface area is 45.9 Å². The van der Waals surface area contributed by atoms with Crippen LogP contribution in [0.4, 0.5) is 0 Å². The molecule has 0 heteroatoms. The molecule has 0 aromatic heterocycles. The van der Waals surface area contributed by atoms with Gasteiger partial charge in [0, 0.05) is 0 Å². The molecule has 0 aliphatic heterocycles. The third-order valence-corrected chi connectivity index (χ3v) is 1.96. The average Bonchev–Trinajstić information content (AvgIpc) is 2.22. The van der Waals surface area contributed by atoms with Crippen molar-refractivity contribution in [3.8, 4) is 0 Å². The van der Waals surface area contributed by atoms with Crippen LogP contribution in [0.2, 0.25) is 0 Å². The highest BCUT2D eigenvalue weighted by Crippen LogP contribution is 2.48. The fraction of sp³-hybridized carbons (Fsp3) is 1.00. The van der Waals surface area contributed by atoms with Gasteiger partial charge in [0.25, 0.3) is 0 Å². The highest BCUT2D eigenvalue weighted by Gasteiger charge is 2.35. The second-order valence-electron chi connectivity index (χ2n) is 3.06. The first-order valence-electron chi connectivity index (χ1n) is 3.27. The summed E-state index contributed by atoms with van der Waals surface area (Å²) in [7, 11) is 0. The summed E-state index contributed by atoms with van der Waals surface area (Å²) in [5, 5.41) is 0. The molecule has 0 spiro atoms. The highest BCUT2D eigenvalue weighted by atomic mass is 14.4. The normalized spacial score (nSPS) is 24.9. The molecular formula is C7H14. The van der Waals surface area contributed by atoms with E-state index in [1.54, 1.807) is 0 Å². The van der Waals surface area contributed by atoms with Gasteiger partial charge < -0.3 is 0 Å². The Morgan fingerprint density at radius 1 is 1.43 bits per heavy atom. The van der Waals surface area contributed by atoms with Crippen molar-refractivity contribution in [2.75, 3.05) is 0 Å². The molecule has 0 atom stereocenters. The van der Waals surface area contributed by atoms with Gasteiger partial charge in [-0.05, 0) is 24.7 Å². The zero-order chi connectivity index (χ0) is 5.33. The lowest BCUT2D eigenvalue weighted by molar-refractivity contribution is 0.510. The van der Waals surface area contributed by atoms with Crippen LogP contribution in [0.25, 0.3) is 0 Å². The van der Waals surface area contributed by atoms with Crippen molar-refractivity contribution in [3.05, 3.63) is 0 Å². The summed E-state index contributed by atoms with van der Waals surface area (Å²) in [6.07, 6.45) is 5.80. The van der Waals surface area contributed by atoms with Crippen LogP contribution in [0.5, 0.6) is 0 Å². The lowest BCUT2D eigenvalue weighted by Crippen LogP contribution is -1.88. The van der Waals surface area contributed by atoms with Gasteiger partial charge in [0.1, 0.15) is 0 Å². The van der Waals surface area contributed by atoms with E-state index >= 15 is 0 Å². The molecule has 0 N–H and O–H groups in total. The second-order valence-corrected chi connectivity index (χ2v) is 3.06. The maximum absolute atomic E-state index is 2.39. The van der Waals surface area contributed by atoms with E-state index < -0.39 is 0 Å². The standard InChI is InChI=1S/C7H14/c1-3-4-7(2)5-6-7/h3-6H2,1-2H3. The molecule has 0 amide bonds. The predicted octanol–water partition coefficient (Wildman–Crippen LogP) is 2.59. The largest absolute Gasteiger partial charge is 0.0654 e. The summed E-state index contributed by atoms with van der Waals surface area (Å²) < 4.78 is 0. The van der Waals surface area contributed by atoms with Crippen LogP contribution in [-0.2, 0) is 0 Å². The maximum Gasteiger partial charge on any atom is -0.0326 e. The minimum Gasteiger partial charge on any atom is -0.0654 e. The molecule has 1 aliphatic carbocycles. The Morgan fingerprint density at radius 3 is 2.14 bits per heavy atom. The topological polar surface area (TPSA) is 0 Å². The fourth-order valence-corrected chi connectivity index (χ4v) is 1.07. The van der Waals surface area contributed by atoms with E-state index in [0.29, 0.717) is 0 Å². The number of hydrogen-bond acceptors (Lipinski definition) is 0. The van der Waals surface area contributed by atoms with Gasteiger partial charge in [-0.3, -0.25) is 0 Å². The molecule has 0 heterocycles. The van der Waals surface area contributed by atoms with Gasteiger partial charge in [-0.25, -0.2) is 0 Å². The van der Waals surface area contributed by atoms with Crippen LogP contribution in [0.3, 0.4) is 0 Å². The molecule has 0 saturated heterocycles. The molecule has 1 rings (SSSR count). The highest BCUT2D eigenvalue weighted by molar-refractivity contribution is 4.87. The lowest BCUT2D eigenvalue weighted by atomic mass is 10.0. The zero-order valence-electron chi connectivity index (χ0n) is 5.33. The molecule has 1 saturated carbocycles. The van der Waals surface area contributed by atoms with Crippen molar-refractivity contribution in [2.24, 2.45) is 5.41 Å². The fourth-order valence-electron chi connectivity index (χ4n) is 1.07.